The largest absolute Gasteiger partial charge is 0.490 e. The first-order valence-corrected chi connectivity index (χ1v) is 7.91. The lowest BCUT2D eigenvalue weighted by Crippen LogP contribution is -2.52. The number of carbonyl (C=O) groups is 2. The Morgan fingerprint density at radius 1 is 1.44 bits per heavy atom. The van der Waals surface area contributed by atoms with Crippen LogP contribution in [-0.2, 0) is 4.79 Å². The highest BCUT2D eigenvalue weighted by molar-refractivity contribution is 6.18. The summed E-state index contributed by atoms with van der Waals surface area (Å²) in [4.78, 5) is 28.4. The molecule has 0 unspecified atom stereocenters. The van der Waals surface area contributed by atoms with E-state index in [0.717, 1.165) is 0 Å². The number of primary amides is 1. The van der Waals surface area contributed by atoms with E-state index in [4.69, 9.17) is 32.5 Å². The van der Waals surface area contributed by atoms with E-state index in [9.17, 15) is 18.0 Å². The van der Waals surface area contributed by atoms with Crippen LogP contribution in [0.3, 0.4) is 0 Å². The maximum Gasteiger partial charge on any atom is 0.490 e. The van der Waals surface area contributed by atoms with Crippen LogP contribution >= 0.6 is 11.6 Å². The molecule has 1 rings (SSSR count). The first-order chi connectivity index (χ1) is 12.4. The van der Waals surface area contributed by atoms with Crippen LogP contribution in [-0.4, -0.2) is 57.2 Å². The number of aromatic nitrogens is 2. The summed E-state index contributed by atoms with van der Waals surface area (Å²) in [6.45, 7) is 4.77. The fourth-order valence-electron chi connectivity index (χ4n) is 1.64. The van der Waals surface area contributed by atoms with Gasteiger partial charge in [-0.3, -0.25) is 5.01 Å². The standard InChI is InChI=1S/C12H17ClN6O.C2HF3O2/c1-9(2)8-19(18(6-4-13)12(15)20)11-3-5-16-10(7-14)17-11;3-2(4,5)1(6)7/h3,5,9H,4,6,8H2,1-2H3,(H2,15,20);(H,6,7). The van der Waals surface area contributed by atoms with Gasteiger partial charge in [0.15, 0.2) is 5.82 Å². The maximum absolute atomic E-state index is 11.6. The Morgan fingerprint density at radius 3 is 2.37 bits per heavy atom. The number of aliphatic carboxylic acids is 1. The second-order valence-electron chi connectivity index (χ2n) is 5.28. The molecule has 9 nitrogen and oxygen atoms in total. The molecule has 0 saturated heterocycles. The number of carbonyl (C=O) groups excluding carboxylic acids is 1. The summed E-state index contributed by atoms with van der Waals surface area (Å²) >= 11 is 5.71. The molecule has 0 aliphatic heterocycles. The van der Waals surface area contributed by atoms with Gasteiger partial charge in [-0.25, -0.2) is 19.6 Å². The molecule has 0 radical (unpaired) electrons. The Hall–Kier alpha value is -2.81. The van der Waals surface area contributed by atoms with Gasteiger partial charge in [-0.15, -0.1) is 11.6 Å². The molecule has 3 N–H and O–H groups in total. The summed E-state index contributed by atoms with van der Waals surface area (Å²) in [6, 6.07) is 2.86. The molecule has 1 aromatic heterocycles. The fourth-order valence-corrected chi connectivity index (χ4v) is 1.80. The number of hydrogen-bond acceptors (Lipinski definition) is 6. The molecule has 150 valence electrons. The number of nitrogens with zero attached hydrogens (tertiary/aromatic N) is 5. The molecule has 0 atom stereocenters. The van der Waals surface area contributed by atoms with Crippen molar-refractivity contribution in [1.29, 1.82) is 5.26 Å². The summed E-state index contributed by atoms with van der Waals surface area (Å²) in [6.07, 6.45) is -3.62. The van der Waals surface area contributed by atoms with Crippen LogP contribution in [0.1, 0.15) is 19.7 Å². The second kappa shape index (κ2) is 11.0. The number of rotatable bonds is 6. The molecule has 0 aromatic carbocycles. The molecular weight excluding hydrogens is 393 g/mol. The minimum absolute atomic E-state index is 0.0338. The lowest BCUT2D eigenvalue weighted by atomic mass is 10.2. The third-order valence-corrected chi connectivity index (χ3v) is 2.80. The second-order valence-corrected chi connectivity index (χ2v) is 5.66. The topological polar surface area (TPSA) is 136 Å². The van der Waals surface area contributed by atoms with Gasteiger partial charge < -0.3 is 10.8 Å². The van der Waals surface area contributed by atoms with Crippen molar-refractivity contribution in [3.63, 3.8) is 0 Å². The number of urea groups is 1. The average molecular weight is 411 g/mol. The summed E-state index contributed by atoms with van der Waals surface area (Å²) < 4.78 is 31.7. The highest BCUT2D eigenvalue weighted by Crippen LogP contribution is 2.16. The van der Waals surface area contributed by atoms with Crippen molar-refractivity contribution in [3.05, 3.63) is 18.1 Å². The van der Waals surface area contributed by atoms with E-state index < -0.39 is 18.2 Å². The van der Waals surface area contributed by atoms with Crippen LogP contribution in [0, 0.1) is 17.2 Å². The van der Waals surface area contributed by atoms with Crippen LogP contribution in [0.2, 0.25) is 0 Å². The van der Waals surface area contributed by atoms with Crippen LogP contribution in [0.5, 0.6) is 0 Å². The number of alkyl halides is 4. The van der Waals surface area contributed by atoms with Gasteiger partial charge in [0, 0.05) is 24.7 Å². The van der Waals surface area contributed by atoms with Gasteiger partial charge in [0.1, 0.15) is 6.07 Å². The zero-order chi connectivity index (χ0) is 21.2. The third kappa shape index (κ3) is 8.91. The molecule has 0 bridgehead atoms. The Morgan fingerprint density at radius 2 is 2.00 bits per heavy atom. The quantitative estimate of drug-likeness (QED) is 0.540. The number of nitrogens with two attached hydrogens (primary N) is 1. The molecular formula is C14H18ClF3N6O3. The van der Waals surface area contributed by atoms with E-state index in [0.29, 0.717) is 12.4 Å². The lowest BCUT2D eigenvalue weighted by molar-refractivity contribution is -0.192. The van der Waals surface area contributed by atoms with Crippen molar-refractivity contribution < 1.29 is 27.9 Å². The van der Waals surface area contributed by atoms with Crippen molar-refractivity contribution >= 4 is 29.4 Å². The third-order valence-electron chi connectivity index (χ3n) is 2.63. The first-order valence-electron chi connectivity index (χ1n) is 7.37. The smallest absolute Gasteiger partial charge is 0.475 e. The molecule has 0 fully saturated rings. The van der Waals surface area contributed by atoms with Crippen LogP contribution in [0.4, 0.5) is 23.8 Å². The molecule has 0 aliphatic rings. The number of carboxylic acids is 1. The number of anilines is 1. The van der Waals surface area contributed by atoms with E-state index >= 15 is 0 Å². The van der Waals surface area contributed by atoms with Gasteiger partial charge in [0.2, 0.25) is 5.82 Å². The van der Waals surface area contributed by atoms with Crippen LogP contribution < -0.4 is 10.7 Å². The molecule has 1 aromatic rings. The highest BCUT2D eigenvalue weighted by Gasteiger charge is 2.38. The first kappa shape index (κ1) is 24.2. The Balaban J connectivity index is 0.000000821. The maximum atomic E-state index is 11.6. The number of hydrazine groups is 1. The molecule has 0 saturated carbocycles. The fraction of sp³-hybridized carbons (Fsp3) is 0.500. The lowest BCUT2D eigenvalue weighted by Gasteiger charge is -2.35. The van der Waals surface area contributed by atoms with Crippen molar-refractivity contribution in [3.8, 4) is 6.07 Å². The van der Waals surface area contributed by atoms with E-state index in [1.165, 1.54) is 11.2 Å². The molecule has 0 spiro atoms. The SMILES string of the molecule is CC(C)CN(c1ccnc(C#N)n1)N(CCCl)C(N)=O.O=C(O)C(F)(F)F. The average Bonchev–Trinajstić information content (AvgIpc) is 2.57. The minimum Gasteiger partial charge on any atom is -0.475 e. The number of carboxylic acid groups (broad SMARTS) is 1. The van der Waals surface area contributed by atoms with E-state index in [2.05, 4.69) is 9.97 Å². The summed E-state index contributed by atoms with van der Waals surface area (Å²) in [7, 11) is 0. The van der Waals surface area contributed by atoms with Gasteiger partial charge in [0.05, 0.1) is 6.54 Å². The number of nitriles is 1. The summed E-state index contributed by atoms with van der Waals surface area (Å²) in [5.41, 5.74) is 5.39. The zero-order valence-corrected chi connectivity index (χ0v) is 15.2. The highest BCUT2D eigenvalue weighted by atomic mass is 35.5. The summed E-state index contributed by atoms with van der Waals surface area (Å²) in [5, 5.41) is 18.9. The predicted molar refractivity (Wildman–Crippen MR) is 89.6 cm³/mol. The van der Waals surface area contributed by atoms with E-state index in [-0.39, 0.29) is 24.2 Å². The zero-order valence-electron chi connectivity index (χ0n) is 14.4. The van der Waals surface area contributed by atoms with Crippen LogP contribution in [0.15, 0.2) is 12.3 Å². The minimum atomic E-state index is -5.08. The Bertz CT molecular complexity index is 681. The van der Waals surface area contributed by atoms with Crippen molar-refractivity contribution in [2.75, 3.05) is 24.0 Å². The van der Waals surface area contributed by atoms with Crippen molar-refractivity contribution in [1.82, 2.24) is 15.0 Å². The molecule has 27 heavy (non-hydrogen) atoms. The predicted octanol–water partition coefficient (Wildman–Crippen LogP) is 1.98. The normalized spacial score (nSPS) is 10.4. The number of amides is 2. The van der Waals surface area contributed by atoms with Crippen molar-refractivity contribution in [2.24, 2.45) is 11.7 Å². The van der Waals surface area contributed by atoms with Gasteiger partial charge >= 0.3 is 18.2 Å². The Kier molecular flexibility index (Phi) is 9.87. The molecule has 0 aliphatic carbocycles. The van der Waals surface area contributed by atoms with Gasteiger partial charge in [0.25, 0.3) is 0 Å². The number of hydrogen-bond donors (Lipinski definition) is 2. The van der Waals surface area contributed by atoms with E-state index in [1.807, 2.05) is 19.9 Å². The molecule has 1 heterocycles. The monoisotopic (exact) mass is 410 g/mol. The number of halogens is 4. The summed E-state index contributed by atoms with van der Waals surface area (Å²) in [5.74, 6) is -1.78. The molecule has 13 heteroatoms. The molecule has 2 amide bonds. The van der Waals surface area contributed by atoms with Gasteiger partial charge in [-0.05, 0) is 5.92 Å². The Labute approximate surface area is 158 Å². The van der Waals surface area contributed by atoms with Gasteiger partial charge in [-0.1, -0.05) is 13.8 Å². The van der Waals surface area contributed by atoms with E-state index in [1.54, 1.807) is 11.1 Å². The van der Waals surface area contributed by atoms with Crippen LogP contribution in [0.25, 0.3) is 0 Å². The van der Waals surface area contributed by atoms with Gasteiger partial charge in [-0.2, -0.15) is 23.4 Å². The van der Waals surface area contributed by atoms with Crippen molar-refractivity contribution in [2.45, 2.75) is 20.0 Å².